The fourth-order valence-electron chi connectivity index (χ4n) is 2.35. The molecule has 1 aliphatic heterocycles. The third kappa shape index (κ3) is 1.57. The fraction of sp³-hybridized carbons (Fsp3) is 0.727. The van der Waals surface area contributed by atoms with Crippen LogP contribution in [0.2, 0.25) is 0 Å². The smallest absolute Gasteiger partial charge is 0.0948 e. The van der Waals surface area contributed by atoms with Crippen LogP contribution < -0.4 is 5.32 Å². The lowest BCUT2D eigenvalue weighted by molar-refractivity contribution is 0.498. The Hall–Kier alpha value is -0.830. The Kier molecular flexibility index (Phi) is 2.05. The molecule has 0 amide bonds. The Morgan fingerprint density at radius 2 is 2.36 bits per heavy atom. The van der Waals surface area contributed by atoms with Gasteiger partial charge in [-0.1, -0.05) is 0 Å². The van der Waals surface area contributed by atoms with E-state index in [1.165, 1.54) is 37.9 Å². The van der Waals surface area contributed by atoms with Crippen LogP contribution in [0.3, 0.4) is 0 Å². The molecule has 0 radical (unpaired) electrons. The molecule has 1 atom stereocenters. The average molecular weight is 191 g/mol. The summed E-state index contributed by atoms with van der Waals surface area (Å²) in [5.41, 5.74) is 1.46. The lowest BCUT2D eigenvalue weighted by Gasteiger charge is -2.13. The topological polar surface area (TPSA) is 29.9 Å². The molecule has 14 heavy (non-hydrogen) atoms. The molecular formula is C11H17N3. The van der Waals surface area contributed by atoms with Crippen LogP contribution in [0.25, 0.3) is 0 Å². The Morgan fingerprint density at radius 3 is 3.07 bits per heavy atom. The molecule has 3 rings (SSSR count). The van der Waals surface area contributed by atoms with E-state index >= 15 is 0 Å². The highest BCUT2D eigenvalue weighted by Crippen LogP contribution is 2.39. The highest BCUT2D eigenvalue weighted by atomic mass is 15.1. The maximum absolute atomic E-state index is 4.26. The number of hydrogen-bond acceptors (Lipinski definition) is 2. The maximum Gasteiger partial charge on any atom is 0.0948 e. The Bertz CT molecular complexity index is 308. The van der Waals surface area contributed by atoms with E-state index in [2.05, 4.69) is 14.9 Å². The van der Waals surface area contributed by atoms with Crippen molar-refractivity contribution >= 4 is 0 Å². The number of nitrogens with zero attached hydrogens (tertiary/aromatic N) is 2. The van der Waals surface area contributed by atoms with Crippen molar-refractivity contribution in [3.8, 4) is 0 Å². The van der Waals surface area contributed by atoms with Crippen LogP contribution in [0.15, 0.2) is 12.5 Å². The van der Waals surface area contributed by atoms with Crippen molar-refractivity contribution in [1.29, 1.82) is 0 Å². The Labute approximate surface area is 84.5 Å². The number of rotatable bonds is 3. The van der Waals surface area contributed by atoms with Gasteiger partial charge in [-0.2, -0.15) is 0 Å². The monoisotopic (exact) mass is 191 g/mol. The molecule has 76 valence electrons. The van der Waals surface area contributed by atoms with Gasteiger partial charge in [-0.05, 0) is 32.2 Å². The van der Waals surface area contributed by atoms with Gasteiger partial charge in [-0.3, -0.25) is 0 Å². The first-order valence-corrected chi connectivity index (χ1v) is 5.67. The normalized spacial score (nSPS) is 27.0. The quantitative estimate of drug-likeness (QED) is 0.785. The number of hydrogen-bond donors (Lipinski definition) is 1. The maximum atomic E-state index is 4.26. The molecule has 0 spiro atoms. The van der Waals surface area contributed by atoms with E-state index in [0.29, 0.717) is 6.04 Å². The lowest BCUT2D eigenvalue weighted by atomic mass is 10.2. The van der Waals surface area contributed by atoms with Crippen LogP contribution in [0.5, 0.6) is 0 Å². The van der Waals surface area contributed by atoms with Crippen molar-refractivity contribution < 1.29 is 0 Å². The zero-order valence-electron chi connectivity index (χ0n) is 8.45. The first kappa shape index (κ1) is 8.48. The summed E-state index contributed by atoms with van der Waals surface area (Å²) in [5.74, 6) is 0.818. The van der Waals surface area contributed by atoms with Crippen LogP contribution in [0, 0.1) is 0 Å². The summed E-state index contributed by atoms with van der Waals surface area (Å²) in [7, 11) is 0. The average Bonchev–Trinajstić information content (AvgIpc) is 2.74. The predicted molar refractivity (Wildman–Crippen MR) is 55.2 cm³/mol. The Balaban J connectivity index is 1.71. The van der Waals surface area contributed by atoms with Crippen LogP contribution >= 0.6 is 0 Å². The summed E-state index contributed by atoms with van der Waals surface area (Å²) in [6.07, 6.45) is 9.42. The summed E-state index contributed by atoms with van der Waals surface area (Å²) < 4.78 is 2.35. The van der Waals surface area contributed by atoms with Gasteiger partial charge in [0.1, 0.15) is 0 Å². The van der Waals surface area contributed by atoms with E-state index in [9.17, 15) is 0 Å². The second-order valence-corrected chi connectivity index (χ2v) is 4.54. The van der Waals surface area contributed by atoms with Crippen molar-refractivity contribution in [2.24, 2.45) is 0 Å². The zero-order valence-corrected chi connectivity index (χ0v) is 8.45. The summed E-state index contributed by atoms with van der Waals surface area (Å²) >= 11 is 0. The van der Waals surface area contributed by atoms with E-state index in [4.69, 9.17) is 0 Å². The van der Waals surface area contributed by atoms with Gasteiger partial charge in [0, 0.05) is 30.4 Å². The molecule has 1 aromatic rings. The summed E-state index contributed by atoms with van der Waals surface area (Å²) in [5, 5.41) is 3.53. The molecule has 1 saturated carbocycles. The van der Waals surface area contributed by atoms with Crippen LogP contribution in [-0.2, 0) is 6.54 Å². The molecule has 2 heterocycles. The van der Waals surface area contributed by atoms with Gasteiger partial charge in [-0.25, -0.2) is 4.98 Å². The van der Waals surface area contributed by atoms with Gasteiger partial charge >= 0.3 is 0 Å². The van der Waals surface area contributed by atoms with Crippen molar-refractivity contribution in [3.63, 3.8) is 0 Å². The highest BCUT2D eigenvalue weighted by Gasteiger charge is 2.27. The summed E-state index contributed by atoms with van der Waals surface area (Å²) in [6.45, 7) is 2.31. The molecular weight excluding hydrogens is 174 g/mol. The van der Waals surface area contributed by atoms with Gasteiger partial charge in [0.2, 0.25) is 0 Å². The molecule has 1 aliphatic carbocycles. The molecule has 1 unspecified atom stereocenters. The summed E-state index contributed by atoms with van der Waals surface area (Å²) in [6, 6.07) is 0.682. The van der Waals surface area contributed by atoms with Gasteiger partial charge in [0.15, 0.2) is 0 Å². The van der Waals surface area contributed by atoms with E-state index in [0.717, 1.165) is 12.5 Å². The minimum Gasteiger partial charge on any atom is -0.333 e. The second-order valence-electron chi connectivity index (χ2n) is 4.54. The van der Waals surface area contributed by atoms with Crippen molar-refractivity contribution in [1.82, 2.24) is 14.9 Å². The molecule has 0 aromatic carbocycles. The van der Waals surface area contributed by atoms with E-state index < -0.39 is 0 Å². The van der Waals surface area contributed by atoms with Gasteiger partial charge in [0.25, 0.3) is 0 Å². The standard InChI is InChI=1S/C11H17N3/c1-2-10(13-5-1)7-14-8-12-6-11(14)9-3-4-9/h6,8-10,13H,1-5,7H2. The van der Waals surface area contributed by atoms with Crippen LogP contribution in [-0.4, -0.2) is 22.1 Å². The lowest BCUT2D eigenvalue weighted by Crippen LogP contribution is -2.27. The number of imidazole rings is 1. The molecule has 3 heteroatoms. The molecule has 1 saturated heterocycles. The fourth-order valence-corrected chi connectivity index (χ4v) is 2.35. The third-order valence-corrected chi connectivity index (χ3v) is 3.32. The van der Waals surface area contributed by atoms with Gasteiger partial charge < -0.3 is 9.88 Å². The third-order valence-electron chi connectivity index (χ3n) is 3.32. The van der Waals surface area contributed by atoms with Crippen molar-refractivity contribution in [2.45, 2.75) is 44.2 Å². The van der Waals surface area contributed by atoms with E-state index in [-0.39, 0.29) is 0 Å². The zero-order chi connectivity index (χ0) is 9.38. The molecule has 0 bridgehead atoms. The minimum atomic E-state index is 0.682. The van der Waals surface area contributed by atoms with Crippen LogP contribution in [0.1, 0.15) is 37.3 Å². The first-order chi connectivity index (χ1) is 6.93. The molecule has 3 nitrogen and oxygen atoms in total. The SMILES string of the molecule is c1ncn(CC2CCCN2)c1C1CC1. The van der Waals surface area contributed by atoms with Crippen molar-refractivity contribution in [3.05, 3.63) is 18.2 Å². The first-order valence-electron chi connectivity index (χ1n) is 5.67. The van der Waals surface area contributed by atoms with Gasteiger partial charge in [0.05, 0.1) is 6.33 Å². The van der Waals surface area contributed by atoms with Crippen LogP contribution in [0.4, 0.5) is 0 Å². The Morgan fingerprint density at radius 1 is 1.43 bits per heavy atom. The summed E-state index contributed by atoms with van der Waals surface area (Å²) in [4.78, 5) is 4.26. The predicted octanol–water partition coefficient (Wildman–Crippen LogP) is 1.51. The van der Waals surface area contributed by atoms with Crippen molar-refractivity contribution in [2.75, 3.05) is 6.54 Å². The van der Waals surface area contributed by atoms with Gasteiger partial charge in [-0.15, -0.1) is 0 Å². The molecule has 2 aliphatic rings. The number of aromatic nitrogens is 2. The molecule has 2 fully saturated rings. The molecule has 1 aromatic heterocycles. The van der Waals surface area contributed by atoms with E-state index in [1.54, 1.807) is 0 Å². The van der Waals surface area contributed by atoms with E-state index in [1.807, 2.05) is 12.5 Å². The largest absolute Gasteiger partial charge is 0.333 e. The number of nitrogens with one attached hydrogen (secondary N) is 1. The highest BCUT2D eigenvalue weighted by molar-refractivity contribution is 5.12. The minimum absolute atomic E-state index is 0.682. The second kappa shape index (κ2) is 3.39. The molecule has 1 N–H and O–H groups in total.